The van der Waals surface area contributed by atoms with Crippen molar-refractivity contribution in [1.82, 2.24) is 5.32 Å². The normalized spacial score (nSPS) is 22.8. The average molecular weight is 595 g/mol. The summed E-state index contributed by atoms with van der Waals surface area (Å²) in [5, 5.41) is 2.87. The first-order valence-electron chi connectivity index (χ1n) is 11.5. The van der Waals surface area contributed by atoms with E-state index in [-0.39, 0.29) is 29.2 Å². The SMILES string of the molecule is CC(C)(C)OC(=O)NC(Cc1ccccc1)C(=O)N=C1SC2CS(=O)(=O)CC2N1c1cccc(Br)c1. The Labute approximate surface area is 223 Å². The van der Waals surface area contributed by atoms with Crippen LogP contribution in [0.3, 0.4) is 0 Å². The Kier molecular flexibility index (Phi) is 7.82. The van der Waals surface area contributed by atoms with E-state index in [1.807, 2.05) is 59.5 Å². The van der Waals surface area contributed by atoms with Crippen LogP contribution < -0.4 is 10.2 Å². The van der Waals surface area contributed by atoms with Crippen LogP contribution in [0.5, 0.6) is 0 Å². The number of amidine groups is 1. The Morgan fingerprint density at radius 2 is 1.89 bits per heavy atom. The third-order valence-electron chi connectivity index (χ3n) is 5.63. The number of alkyl carbamates (subject to hydrolysis) is 1. The average Bonchev–Trinajstić information content (AvgIpc) is 3.23. The molecule has 1 N–H and O–H groups in total. The summed E-state index contributed by atoms with van der Waals surface area (Å²) in [6.07, 6.45) is -0.471. The molecular formula is C25H28BrN3O5S2. The van der Waals surface area contributed by atoms with E-state index in [1.54, 1.807) is 20.8 Å². The van der Waals surface area contributed by atoms with Gasteiger partial charge in [-0.1, -0.05) is 64.1 Å². The summed E-state index contributed by atoms with van der Waals surface area (Å²) >= 11 is 4.76. The van der Waals surface area contributed by atoms with Crippen LogP contribution in [0, 0.1) is 0 Å². The molecule has 0 saturated carbocycles. The maximum atomic E-state index is 13.5. The number of ether oxygens (including phenoxy) is 1. The lowest BCUT2D eigenvalue weighted by atomic mass is 10.1. The molecule has 2 heterocycles. The van der Waals surface area contributed by atoms with Gasteiger partial charge in [0.05, 0.1) is 17.5 Å². The quantitative estimate of drug-likeness (QED) is 0.554. The number of benzene rings is 2. The fraction of sp³-hybridized carbons (Fsp3) is 0.400. The van der Waals surface area contributed by atoms with E-state index >= 15 is 0 Å². The number of hydrogen-bond acceptors (Lipinski definition) is 6. The summed E-state index contributed by atoms with van der Waals surface area (Å²) in [6.45, 7) is 5.25. The van der Waals surface area contributed by atoms with E-state index in [0.717, 1.165) is 15.7 Å². The zero-order valence-electron chi connectivity index (χ0n) is 20.2. The van der Waals surface area contributed by atoms with Gasteiger partial charge >= 0.3 is 6.09 Å². The van der Waals surface area contributed by atoms with Crippen molar-refractivity contribution in [2.24, 2.45) is 4.99 Å². The molecule has 8 nitrogen and oxygen atoms in total. The first kappa shape index (κ1) is 26.7. The molecule has 11 heteroatoms. The van der Waals surface area contributed by atoms with Crippen LogP contribution in [0.25, 0.3) is 0 Å². The van der Waals surface area contributed by atoms with Crippen molar-refractivity contribution in [2.45, 2.75) is 50.1 Å². The van der Waals surface area contributed by atoms with Gasteiger partial charge in [-0.25, -0.2) is 13.2 Å². The first-order valence-corrected chi connectivity index (χ1v) is 15.0. The lowest BCUT2D eigenvalue weighted by Crippen LogP contribution is -2.45. The van der Waals surface area contributed by atoms with Crippen LogP contribution in [0.2, 0.25) is 0 Å². The molecule has 2 fully saturated rings. The molecule has 4 rings (SSSR count). The van der Waals surface area contributed by atoms with Crippen LogP contribution in [-0.4, -0.2) is 60.0 Å². The number of carbonyl (C=O) groups excluding carboxylic acids is 2. The number of sulfone groups is 1. The number of fused-ring (bicyclic) bond motifs is 1. The third-order valence-corrected chi connectivity index (χ3v) is 9.33. The van der Waals surface area contributed by atoms with E-state index < -0.39 is 33.5 Å². The van der Waals surface area contributed by atoms with Gasteiger partial charge in [-0.15, -0.1) is 0 Å². The Morgan fingerprint density at radius 3 is 2.56 bits per heavy atom. The van der Waals surface area contributed by atoms with Crippen LogP contribution in [-0.2, 0) is 25.8 Å². The van der Waals surface area contributed by atoms with Crippen molar-refractivity contribution >= 4 is 60.4 Å². The van der Waals surface area contributed by atoms with E-state index in [0.29, 0.717) is 5.17 Å². The lowest BCUT2D eigenvalue weighted by Gasteiger charge is -2.25. The molecule has 2 aliphatic rings. The minimum Gasteiger partial charge on any atom is -0.444 e. The van der Waals surface area contributed by atoms with Gasteiger partial charge in [-0.05, 0) is 44.5 Å². The van der Waals surface area contributed by atoms with Crippen molar-refractivity contribution in [3.63, 3.8) is 0 Å². The summed E-state index contributed by atoms with van der Waals surface area (Å²) in [5.41, 5.74) is 0.878. The molecule has 0 radical (unpaired) electrons. The molecule has 3 atom stereocenters. The highest BCUT2D eigenvalue weighted by Gasteiger charge is 2.49. The fourth-order valence-electron chi connectivity index (χ4n) is 4.16. The Hall–Kier alpha value is -2.37. The number of amides is 2. The summed E-state index contributed by atoms with van der Waals surface area (Å²) < 4.78 is 30.9. The lowest BCUT2D eigenvalue weighted by molar-refractivity contribution is -0.119. The number of anilines is 1. The van der Waals surface area contributed by atoms with Gasteiger partial charge < -0.3 is 15.0 Å². The van der Waals surface area contributed by atoms with Crippen LogP contribution in [0.4, 0.5) is 10.5 Å². The summed E-state index contributed by atoms with van der Waals surface area (Å²) in [5.74, 6) is -0.507. The van der Waals surface area contributed by atoms with E-state index in [2.05, 4.69) is 26.2 Å². The van der Waals surface area contributed by atoms with Gasteiger partial charge in [0.25, 0.3) is 5.91 Å². The molecule has 36 heavy (non-hydrogen) atoms. The van der Waals surface area contributed by atoms with Crippen molar-refractivity contribution < 1.29 is 22.7 Å². The maximum absolute atomic E-state index is 13.5. The first-order chi connectivity index (χ1) is 16.9. The topological polar surface area (TPSA) is 105 Å². The highest BCUT2D eigenvalue weighted by molar-refractivity contribution is 9.10. The fourth-order valence-corrected chi connectivity index (χ4v) is 8.47. The van der Waals surface area contributed by atoms with Crippen molar-refractivity contribution in [2.75, 3.05) is 16.4 Å². The summed E-state index contributed by atoms with van der Waals surface area (Å²) in [7, 11) is -3.19. The molecule has 2 saturated heterocycles. The zero-order chi connectivity index (χ0) is 26.1. The van der Waals surface area contributed by atoms with Crippen molar-refractivity contribution in [3.8, 4) is 0 Å². The second kappa shape index (κ2) is 10.5. The number of carbonyl (C=O) groups is 2. The van der Waals surface area contributed by atoms with Gasteiger partial charge in [0.15, 0.2) is 15.0 Å². The van der Waals surface area contributed by atoms with Gasteiger partial charge in [-0.3, -0.25) is 4.79 Å². The molecule has 2 amide bonds. The Bertz CT molecular complexity index is 1280. The molecular weight excluding hydrogens is 566 g/mol. The van der Waals surface area contributed by atoms with Crippen molar-refractivity contribution in [3.05, 3.63) is 64.6 Å². The summed E-state index contributed by atoms with van der Waals surface area (Å²) in [6, 6.07) is 15.5. The van der Waals surface area contributed by atoms with Crippen LogP contribution in [0.15, 0.2) is 64.1 Å². The Balaban J connectivity index is 1.65. The van der Waals surface area contributed by atoms with Gasteiger partial charge in [0.1, 0.15) is 11.6 Å². The predicted molar refractivity (Wildman–Crippen MR) is 146 cm³/mol. The second-order valence-electron chi connectivity index (χ2n) is 9.77. The van der Waals surface area contributed by atoms with Gasteiger partial charge in [0, 0.05) is 21.8 Å². The monoisotopic (exact) mass is 593 g/mol. The smallest absolute Gasteiger partial charge is 0.408 e. The summed E-state index contributed by atoms with van der Waals surface area (Å²) in [4.78, 5) is 32.3. The minimum absolute atomic E-state index is 0.00596. The number of hydrogen-bond donors (Lipinski definition) is 1. The van der Waals surface area contributed by atoms with Gasteiger partial charge in [-0.2, -0.15) is 4.99 Å². The highest BCUT2D eigenvalue weighted by atomic mass is 79.9. The largest absolute Gasteiger partial charge is 0.444 e. The Morgan fingerprint density at radius 1 is 1.17 bits per heavy atom. The highest BCUT2D eigenvalue weighted by Crippen LogP contribution is 2.41. The van der Waals surface area contributed by atoms with E-state index in [9.17, 15) is 18.0 Å². The number of halogens is 1. The molecule has 0 aromatic heterocycles. The number of nitrogens with one attached hydrogen (secondary N) is 1. The zero-order valence-corrected chi connectivity index (χ0v) is 23.4. The number of thioether (sulfide) groups is 1. The van der Waals surface area contributed by atoms with Crippen LogP contribution >= 0.6 is 27.7 Å². The van der Waals surface area contributed by atoms with E-state index in [1.165, 1.54) is 11.8 Å². The molecule has 2 aromatic carbocycles. The molecule has 0 bridgehead atoms. The number of aliphatic imine (C=N–C) groups is 1. The molecule has 192 valence electrons. The molecule has 3 unspecified atom stereocenters. The third kappa shape index (κ3) is 6.68. The van der Waals surface area contributed by atoms with Gasteiger partial charge in [0.2, 0.25) is 0 Å². The standard InChI is InChI=1S/C25H28BrN3O5S2/c1-25(2,3)34-24(31)27-19(12-16-8-5-4-6-9-16)22(30)28-23-29(18-11-7-10-17(26)13-18)20-14-36(32,33)15-21(20)35-23/h4-11,13,19-21H,12,14-15H2,1-3H3,(H,27,31). The maximum Gasteiger partial charge on any atom is 0.408 e. The van der Waals surface area contributed by atoms with Crippen molar-refractivity contribution in [1.29, 1.82) is 0 Å². The molecule has 0 aliphatic carbocycles. The number of nitrogens with zero attached hydrogens (tertiary/aromatic N) is 2. The minimum atomic E-state index is -3.19. The molecule has 2 aliphatic heterocycles. The number of rotatable bonds is 5. The van der Waals surface area contributed by atoms with Crippen LogP contribution in [0.1, 0.15) is 26.3 Å². The second-order valence-corrected chi connectivity index (χ2v) is 14.0. The van der Waals surface area contributed by atoms with E-state index in [4.69, 9.17) is 4.74 Å². The molecule has 2 aromatic rings. The predicted octanol–water partition coefficient (Wildman–Crippen LogP) is 4.19. The molecule has 0 spiro atoms.